The van der Waals surface area contributed by atoms with E-state index in [4.69, 9.17) is 0 Å². The average molecular weight is 363 g/mol. The molecule has 0 spiro atoms. The number of amides is 1. The number of benzene rings is 2. The highest BCUT2D eigenvalue weighted by Gasteiger charge is 2.28. The van der Waals surface area contributed by atoms with Crippen LogP contribution < -0.4 is 10.2 Å². The fraction of sp³-hybridized carbons (Fsp3) is 0.316. The Morgan fingerprint density at radius 3 is 2.48 bits per heavy atom. The quantitative estimate of drug-likeness (QED) is 0.801. The van der Waals surface area contributed by atoms with E-state index in [2.05, 4.69) is 23.5 Å². The summed E-state index contributed by atoms with van der Waals surface area (Å²) in [6, 6.07) is 14.7. The fourth-order valence-corrected chi connectivity index (χ4v) is 3.63. The van der Waals surface area contributed by atoms with Crippen LogP contribution in [0.3, 0.4) is 0 Å². The van der Waals surface area contributed by atoms with Crippen LogP contribution in [-0.2, 0) is 17.8 Å². The zero-order valence-corrected chi connectivity index (χ0v) is 14.8. The van der Waals surface area contributed by atoms with Crippen molar-refractivity contribution in [1.82, 2.24) is 0 Å². The number of carbonyl (C=O) groups is 1. The van der Waals surface area contributed by atoms with Crippen LogP contribution in [0.25, 0.3) is 0 Å². The average Bonchev–Trinajstić information content (AvgIpc) is 2.62. The number of hydrogen-bond donors (Lipinski definition) is 2. The summed E-state index contributed by atoms with van der Waals surface area (Å²) < 4.78 is 24.7. The first-order valence-electron chi connectivity index (χ1n) is 8.30. The number of nitrogens with one attached hydrogen (secondary N) is 2. The Morgan fingerprint density at radius 1 is 1.12 bits per heavy atom. The number of carbonyl (C=O) groups excluding carboxylic acids is 1. The van der Waals surface area contributed by atoms with Gasteiger partial charge in [-0.15, -0.1) is 0 Å². The number of fused-ring (bicyclic) bond motifs is 1. The Morgan fingerprint density at radius 2 is 1.80 bits per heavy atom. The van der Waals surface area contributed by atoms with E-state index in [1.165, 1.54) is 16.0 Å². The molecule has 3 rings (SSSR count). The summed E-state index contributed by atoms with van der Waals surface area (Å²) in [4.78, 5) is 14.3. The lowest BCUT2D eigenvalue weighted by Gasteiger charge is -2.30. The second-order valence-electron chi connectivity index (χ2n) is 6.22. The Labute approximate surface area is 150 Å². The molecule has 2 aromatic rings. The van der Waals surface area contributed by atoms with Crippen molar-refractivity contribution >= 4 is 23.4 Å². The van der Waals surface area contributed by atoms with Gasteiger partial charge < -0.3 is 10.2 Å². The standard InChI is InChI=1S/C19H20F2N2OS/c1-13(23-11-10-14-4-2-3-5-15(14)12-23)18(24)22-16-6-8-17(9-7-16)25-19(20)21/h2-9,13,19H,10-12H2,1H3,(H,22,24)/p+1/t13-/m1/s1. The van der Waals surface area contributed by atoms with Crippen molar-refractivity contribution in [2.75, 3.05) is 11.9 Å². The van der Waals surface area contributed by atoms with Gasteiger partial charge in [-0.1, -0.05) is 36.0 Å². The van der Waals surface area contributed by atoms with Crippen molar-refractivity contribution in [2.45, 2.75) is 36.6 Å². The normalized spacial score (nSPS) is 17.8. The molecule has 132 valence electrons. The molecule has 1 aliphatic heterocycles. The Bertz CT molecular complexity index is 736. The molecule has 0 aliphatic carbocycles. The van der Waals surface area contributed by atoms with Gasteiger partial charge in [0.25, 0.3) is 11.7 Å². The molecule has 0 radical (unpaired) electrons. The molecule has 0 aromatic heterocycles. The van der Waals surface area contributed by atoms with Gasteiger partial charge in [-0.25, -0.2) is 0 Å². The van der Waals surface area contributed by atoms with Crippen LogP contribution in [0, 0.1) is 0 Å². The van der Waals surface area contributed by atoms with Gasteiger partial charge in [0.15, 0.2) is 6.04 Å². The maximum Gasteiger partial charge on any atom is 0.288 e. The van der Waals surface area contributed by atoms with Crippen molar-refractivity contribution in [3.05, 3.63) is 59.7 Å². The van der Waals surface area contributed by atoms with Crippen molar-refractivity contribution in [3.8, 4) is 0 Å². The smallest absolute Gasteiger partial charge is 0.288 e. The molecule has 0 saturated heterocycles. The van der Waals surface area contributed by atoms with Crippen LogP contribution in [0.2, 0.25) is 0 Å². The first kappa shape index (κ1) is 17.9. The van der Waals surface area contributed by atoms with E-state index >= 15 is 0 Å². The molecule has 3 nitrogen and oxygen atoms in total. The Kier molecular flexibility index (Phi) is 5.71. The SMILES string of the molecule is C[C@H](C(=O)Nc1ccc(SC(F)F)cc1)[NH+]1CCc2ccccc2C1. The van der Waals surface area contributed by atoms with E-state index in [0.29, 0.717) is 22.3 Å². The molecule has 25 heavy (non-hydrogen) atoms. The van der Waals surface area contributed by atoms with E-state index in [0.717, 1.165) is 19.5 Å². The van der Waals surface area contributed by atoms with Crippen molar-refractivity contribution < 1.29 is 18.5 Å². The molecule has 1 aliphatic rings. The second-order valence-corrected chi connectivity index (χ2v) is 7.28. The molecule has 1 unspecified atom stereocenters. The maximum absolute atomic E-state index is 12.5. The van der Waals surface area contributed by atoms with Gasteiger partial charge in [-0.05, 0) is 36.8 Å². The number of alkyl halides is 2. The molecule has 2 N–H and O–H groups in total. The number of anilines is 1. The highest BCUT2D eigenvalue weighted by Crippen LogP contribution is 2.26. The van der Waals surface area contributed by atoms with Crippen LogP contribution in [0.1, 0.15) is 18.1 Å². The molecule has 0 saturated carbocycles. The lowest BCUT2D eigenvalue weighted by molar-refractivity contribution is -0.929. The van der Waals surface area contributed by atoms with Gasteiger partial charge in [-0.3, -0.25) is 4.79 Å². The molecule has 0 bridgehead atoms. The van der Waals surface area contributed by atoms with Crippen LogP contribution in [-0.4, -0.2) is 24.3 Å². The summed E-state index contributed by atoms with van der Waals surface area (Å²) in [7, 11) is 0. The predicted octanol–water partition coefficient (Wildman–Crippen LogP) is 2.97. The van der Waals surface area contributed by atoms with E-state index < -0.39 is 5.76 Å². The van der Waals surface area contributed by atoms with Gasteiger partial charge in [0, 0.05) is 22.6 Å². The van der Waals surface area contributed by atoms with Crippen LogP contribution in [0.15, 0.2) is 53.4 Å². The minimum absolute atomic E-state index is 0.0522. The van der Waals surface area contributed by atoms with Crippen LogP contribution in [0.4, 0.5) is 14.5 Å². The Hall–Kier alpha value is -1.92. The summed E-state index contributed by atoms with van der Waals surface area (Å²) in [6.45, 7) is 3.70. The van der Waals surface area contributed by atoms with Gasteiger partial charge in [0.1, 0.15) is 6.54 Å². The van der Waals surface area contributed by atoms with Crippen molar-refractivity contribution in [3.63, 3.8) is 0 Å². The molecule has 2 atom stereocenters. The predicted molar refractivity (Wildman–Crippen MR) is 96.1 cm³/mol. The third-order valence-electron chi connectivity index (χ3n) is 4.60. The zero-order valence-electron chi connectivity index (χ0n) is 14.0. The topological polar surface area (TPSA) is 33.5 Å². The van der Waals surface area contributed by atoms with E-state index in [9.17, 15) is 13.6 Å². The van der Waals surface area contributed by atoms with E-state index in [1.54, 1.807) is 24.3 Å². The molecule has 1 heterocycles. The summed E-state index contributed by atoms with van der Waals surface area (Å²) in [5.41, 5.74) is 3.30. The summed E-state index contributed by atoms with van der Waals surface area (Å²) in [5, 5.41) is 2.89. The number of rotatable bonds is 5. The Balaban J connectivity index is 1.59. The molecular weight excluding hydrogens is 342 g/mol. The summed E-state index contributed by atoms with van der Waals surface area (Å²) in [5.74, 6) is -2.49. The minimum atomic E-state index is -2.44. The molecule has 1 amide bonds. The number of hydrogen-bond acceptors (Lipinski definition) is 2. The molecular formula is C19H21F2N2OS+. The van der Waals surface area contributed by atoms with Gasteiger partial charge >= 0.3 is 0 Å². The largest absolute Gasteiger partial charge is 0.321 e. The fourth-order valence-electron chi connectivity index (χ4n) is 3.13. The maximum atomic E-state index is 12.5. The van der Waals surface area contributed by atoms with Gasteiger partial charge in [-0.2, -0.15) is 8.78 Å². The van der Waals surface area contributed by atoms with E-state index in [-0.39, 0.29) is 11.9 Å². The van der Waals surface area contributed by atoms with Gasteiger partial charge in [0.2, 0.25) is 0 Å². The molecule has 6 heteroatoms. The second kappa shape index (κ2) is 7.97. The zero-order chi connectivity index (χ0) is 17.8. The van der Waals surface area contributed by atoms with Crippen LogP contribution in [0.5, 0.6) is 0 Å². The highest BCUT2D eigenvalue weighted by molar-refractivity contribution is 7.99. The summed E-state index contributed by atoms with van der Waals surface area (Å²) in [6.07, 6.45) is 0.975. The lowest BCUT2D eigenvalue weighted by Crippen LogP contribution is -3.16. The third-order valence-corrected chi connectivity index (χ3v) is 5.33. The lowest BCUT2D eigenvalue weighted by atomic mass is 9.99. The minimum Gasteiger partial charge on any atom is -0.321 e. The monoisotopic (exact) mass is 363 g/mol. The van der Waals surface area contributed by atoms with E-state index in [1.807, 2.05) is 13.0 Å². The van der Waals surface area contributed by atoms with Crippen LogP contribution >= 0.6 is 11.8 Å². The first-order valence-corrected chi connectivity index (χ1v) is 9.18. The molecule has 0 fully saturated rings. The number of quaternary nitrogens is 1. The van der Waals surface area contributed by atoms with Crippen molar-refractivity contribution in [2.24, 2.45) is 0 Å². The third kappa shape index (κ3) is 4.58. The number of halogens is 2. The number of thioether (sulfide) groups is 1. The highest BCUT2D eigenvalue weighted by atomic mass is 32.2. The van der Waals surface area contributed by atoms with Crippen molar-refractivity contribution in [1.29, 1.82) is 0 Å². The molecule has 2 aromatic carbocycles. The summed E-state index contributed by atoms with van der Waals surface area (Å²) >= 11 is 0.498. The first-order chi connectivity index (χ1) is 12.0. The van der Waals surface area contributed by atoms with Gasteiger partial charge in [0.05, 0.1) is 6.54 Å².